The summed E-state index contributed by atoms with van der Waals surface area (Å²) in [6.45, 7) is 0.442. The fourth-order valence-electron chi connectivity index (χ4n) is 5.66. The number of nitrogens with one attached hydrogen (secondary N) is 3. The predicted molar refractivity (Wildman–Crippen MR) is 173 cm³/mol. The molecule has 2 atom stereocenters. The highest BCUT2D eigenvalue weighted by Crippen LogP contribution is 2.30. The molecule has 0 aliphatic carbocycles. The van der Waals surface area contributed by atoms with Crippen LogP contribution in [0.25, 0.3) is 0 Å². The van der Waals surface area contributed by atoms with Crippen LogP contribution in [0, 0.1) is 5.82 Å². The number of halogens is 1. The quantitative estimate of drug-likeness (QED) is 0.366. The standard InChI is InChI=1S/C35H39FN4O8/c1-45-29-11-7-22-8-12-32(41)38-19-23-9-10-24(18-30(23)46-2)48-28-14-16-40(20-27(28)39-33(42)21-47-31(29)17-22)34(43)13-15-37-35(44)25-5-3-4-6-26(25)36/h3-7,9-11,17-18,27-28H,8,12-16,19-21H2,1-2H3,(H,37,44)(H,38,41)(H,39,42)/t27-,28+/m1/s1. The molecule has 0 unspecified atom stereocenters. The van der Waals surface area contributed by atoms with Crippen LogP contribution >= 0.6 is 0 Å². The van der Waals surface area contributed by atoms with E-state index in [1.54, 1.807) is 35.2 Å². The van der Waals surface area contributed by atoms with Gasteiger partial charge < -0.3 is 39.8 Å². The number of rotatable bonds is 6. The van der Waals surface area contributed by atoms with Gasteiger partial charge in [-0.15, -0.1) is 0 Å². The van der Waals surface area contributed by atoms with Crippen LogP contribution < -0.4 is 34.9 Å². The monoisotopic (exact) mass is 662 g/mol. The summed E-state index contributed by atoms with van der Waals surface area (Å²) >= 11 is 0. The van der Waals surface area contributed by atoms with Gasteiger partial charge in [0.1, 0.15) is 23.4 Å². The molecule has 12 nitrogen and oxygen atoms in total. The van der Waals surface area contributed by atoms with Crippen molar-refractivity contribution >= 4 is 23.6 Å². The minimum absolute atomic E-state index is 0.0131. The second-order valence-corrected chi connectivity index (χ2v) is 11.5. The number of aryl methyl sites for hydroxylation is 1. The minimum Gasteiger partial charge on any atom is -0.496 e. The van der Waals surface area contributed by atoms with Gasteiger partial charge in [0.05, 0.1) is 25.8 Å². The average molecular weight is 663 g/mol. The summed E-state index contributed by atoms with van der Waals surface area (Å²) in [6, 6.07) is 15.6. The van der Waals surface area contributed by atoms with Crippen molar-refractivity contribution < 1.29 is 42.5 Å². The normalized spacial score (nSPS) is 18.4. The lowest BCUT2D eigenvalue weighted by Gasteiger charge is -2.39. The largest absolute Gasteiger partial charge is 0.496 e. The van der Waals surface area contributed by atoms with Crippen LogP contribution in [0.4, 0.5) is 4.39 Å². The number of fused-ring (bicyclic) bond motifs is 9. The Morgan fingerprint density at radius 3 is 2.60 bits per heavy atom. The lowest BCUT2D eigenvalue weighted by molar-refractivity contribution is -0.135. The lowest BCUT2D eigenvalue weighted by atomic mass is 10.0. The van der Waals surface area contributed by atoms with E-state index >= 15 is 0 Å². The molecule has 0 spiro atoms. The summed E-state index contributed by atoms with van der Waals surface area (Å²) in [5.74, 6) is -0.230. The van der Waals surface area contributed by atoms with E-state index in [0.717, 1.165) is 11.1 Å². The van der Waals surface area contributed by atoms with E-state index in [9.17, 15) is 23.6 Å². The molecule has 3 aromatic rings. The van der Waals surface area contributed by atoms with Crippen molar-refractivity contribution in [2.75, 3.05) is 40.5 Å². The van der Waals surface area contributed by atoms with E-state index in [1.807, 2.05) is 12.1 Å². The van der Waals surface area contributed by atoms with Gasteiger partial charge in [-0.2, -0.15) is 0 Å². The Balaban J connectivity index is 1.31. The van der Waals surface area contributed by atoms with Crippen molar-refractivity contribution in [1.29, 1.82) is 0 Å². The van der Waals surface area contributed by atoms with Gasteiger partial charge in [-0.1, -0.05) is 18.2 Å². The first-order chi connectivity index (χ1) is 23.2. The Kier molecular flexibility index (Phi) is 11.3. The number of piperidine rings is 1. The van der Waals surface area contributed by atoms with Gasteiger partial charge in [-0.25, -0.2) is 4.39 Å². The molecule has 6 rings (SSSR count). The van der Waals surface area contributed by atoms with Crippen molar-refractivity contribution in [3.05, 3.63) is 83.2 Å². The summed E-state index contributed by atoms with van der Waals surface area (Å²) in [4.78, 5) is 53.1. The van der Waals surface area contributed by atoms with E-state index in [1.165, 1.54) is 32.4 Å². The van der Waals surface area contributed by atoms with E-state index in [4.69, 9.17) is 18.9 Å². The van der Waals surface area contributed by atoms with Crippen LogP contribution in [0.15, 0.2) is 60.7 Å². The molecular formula is C35H39FN4O8. The summed E-state index contributed by atoms with van der Waals surface area (Å²) in [5.41, 5.74) is 1.50. The van der Waals surface area contributed by atoms with Gasteiger partial charge in [0, 0.05) is 57.1 Å². The number of benzene rings is 3. The van der Waals surface area contributed by atoms with Crippen LogP contribution in [-0.4, -0.2) is 81.1 Å². The molecule has 1 saturated heterocycles. The molecule has 4 amide bonds. The smallest absolute Gasteiger partial charge is 0.258 e. The molecule has 0 radical (unpaired) electrons. The van der Waals surface area contributed by atoms with E-state index < -0.39 is 29.8 Å². The van der Waals surface area contributed by atoms with Crippen molar-refractivity contribution in [2.45, 2.75) is 44.4 Å². The first-order valence-electron chi connectivity index (χ1n) is 15.7. The van der Waals surface area contributed by atoms with Gasteiger partial charge in [-0.05, 0) is 48.4 Å². The number of nitrogens with zero attached hydrogens (tertiary/aromatic N) is 1. The predicted octanol–water partition coefficient (Wildman–Crippen LogP) is 2.77. The van der Waals surface area contributed by atoms with Crippen molar-refractivity contribution in [3.8, 4) is 23.0 Å². The maximum Gasteiger partial charge on any atom is 0.258 e. The van der Waals surface area contributed by atoms with Crippen LogP contribution in [0.1, 0.15) is 40.7 Å². The third-order valence-electron chi connectivity index (χ3n) is 8.24. The number of hydrogen-bond acceptors (Lipinski definition) is 8. The molecule has 48 heavy (non-hydrogen) atoms. The zero-order valence-electron chi connectivity index (χ0n) is 26.9. The Labute approximate surface area is 277 Å². The van der Waals surface area contributed by atoms with Gasteiger partial charge in [0.15, 0.2) is 18.1 Å². The molecule has 0 aromatic heterocycles. The van der Waals surface area contributed by atoms with E-state index in [2.05, 4.69) is 16.0 Å². The van der Waals surface area contributed by atoms with Crippen LogP contribution in [-0.2, 0) is 27.3 Å². The second kappa shape index (κ2) is 16.0. The maximum atomic E-state index is 14.0. The molecule has 3 heterocycles. The molecular weight excluding hydrogens is 623 g/mol. The Hall–Kier alpha value is -5.33. The first-order valence-corrected chi connectivity index (χ1v) is 15.7. The molecule has 3 aromatic carbocycles. The van der Waals surface area contributed by atoms with Crippen molar-refractivity contribution in [3.63, 3.8) is 0 Å². The first kappa shape index (κ1) is 34.0. The summed E-state index contributed by atoms with van der Waals surface area (Å²) in [7, 11) is 3.03. The van der Waals surface area contributed by atoms with Gasteiger partial charge >= 0.3 is 0 Å². The zero-order chi connectivity index (χ0) is 34.0. The number of ether oxygens (including phenoxy) is 4. The summed E-state index contributed by atoms with van der Waals surface area (Å²) in [6.07, 6.45) is 0.569. The summed E-state index contributed by atoms with van der Waals surface area (Å²) < 4.78 is 37.2. The van der Waals surface area contributed by atoms with E-state index in [-0.39, 0.29) is 56.5 Å². The fraction of sp³-hybridized carbons (Fsp3) is 0.371. The molecule has 13 heteroatoms. The molecule has 4 bridgehead atoms. The third kappa shape index (κ3) is 8.72. The van der Waals surface area contributed by atoms with Crippen molar-refractivity contribution in [2.24, 2.45) is 0 Å². The number of hydrogen-bond donors (Lipinski definition) is 3. The minimum atomic E-state index is -0.644. The number of likely N-dealkylation sites (tertiary alicyclic amines) is 1. The summed E-state index contributed by atoms with van der Waals surface area (Å²) in [5, 5.41) is 8.49. The van der Waals surface area contributed by atoms with Gasteiger partial charge in [-0.3, -0.25) is 19.2 Å². The number of carbonyl (C=O) groups excluding carboxylic acids is 4. The highest BCUT2D eigenvalue weighted by Gasteiger charge is 2.34. The Morgan fingerprint density at radius 2 is 1.81 bits per heavy atom. The average Bonchev–Trinajstić information content (AvgIpc) is 3.09. The topological polar surface area (TPSA) is 145 Å². The fourth-order valence-corrected chi connectivity index (χ4v) is 5.66. The molecule has 3 aliphatic heterocycles. The Bertz CT molecular complexity index is 1650. The number of carbonyl (C=O) groups is 4. The molecule has 0 saturated carbocycles. The lowest BCUT2D eigenvalue weighted by Crippen LogP contribution is -2.58. The van der Waals surface area contributed by atoms with Crippen LogP contribution in [0.3, 0.4) is 0 Å². The van der Waals surface area contributed by atoms with E-state index in [0.29, 0.717) is 42.4 Å². The Morgan fingerprint density at radius 1 is 1.00 bits per heavy atom. The molecule has 1 fully saturated rings. The van der Waals surface area contributed by atoms with Crippen LogP contribution in [0.5, 0.6) is 23.0 Å². The van der Waals surface area contributed by atoms with Gasteiger partial charge in [0.2, 0.25) is 11.8 Å². The maximum absolute atomic E-state index is 14.0. The molecule has 3 N–H and O–H groups in total. The second-order valence-electron chi connectivity index (χ2n) is 11.5. The van der Waals surface area contributed by atoms with Crippen LogP contribution in [0.2, 0.25) is 0 Å². The molecule has 254 valence electrons. The highest BCUT2D eigenvalue weighted by atomic mass is 19.1. The third-order valence-corrected chi connectivity index (χ3v) is 8.24. The molecule has 3 aliphatic rings. The van der Waals surface area contributed by atoms with Crippen molar-refractivity contribution in [1.82, 2.24) is 20.9 Å². The highest BCUT2D eigenvalue weighted by molar-refractivity contribution is 5.94. The zero-order valence-corrected chi connectivity index (χ0v) is 26.9. The number of amides is 4. The van der Waals surface area contributed by atoms with Gasteiger partial charge in [0.25, 0.3) is 11.8 Å². The SMILES string of the molecule is COc1cc2ccc1CNC(=O)CCc1ccc(OC)c(c1)OCC(=O)N[C@@H]1CN(C(=O)CCNC(=O)c3ccccc3F)CC[C@@H]1O2. The number of methoxy groups -OCH3 is 2.